The van der Waals surface area contributed by atoms with E-state index < -0.39 is 22.1 Å². The molecule has 1 atom stereocenters. The highest BCUT2D eigenvalue weighted by Crippen LogP contribution is 2.08. The molecule has 17 heavy (non-hydrogen) atoms. The van der Waals surface area contributed by atoms with Crippen LogP contribution >= 0.6 is 0 Å². The van der Waals surface area contributed by atoms with Crippen molar-refractivity contribution in [3.63, 3.8) is 0 Å². The third-order valence-electron chi connectivity index (χ3n) is 1.77. The second kappa shape index (κ2) is 6.33. The number of amides is 1. The van der Waals surface area contributed by atoms with Gasteiger partial charge in [0.25, 0.3) is 10.1 Å². The second-order valence-electron chi connectivity index (χ2n) is 3.48. The van der Waals surface area contributed by atoms with Gasteiger partial charge in [-0.3, -0.25) is 9.35 Å². The lowest BCUT2D eigenvalue weighted by Crippen LogP contribution is -2.32. The molecule has 0 unspecified atom stereocenters. The molecule has 0 aliphatic heterocycles. The summed E-state index contributed by atoms with van der Waals surface area (Å²) < 4.78 is 29.6. The van der Waals surface area contributed by atoms with Crippen molar-refractivity contribution in [2.45, 2.75) is 24.8 Å². The van der Waals surface area contributed by atoms with Gasteiger partial charge in [-0.15, -0.1) is 0 Å². The Morgan fingerprint density at radius 1 is 1.29 bits per heavy atom. The fourth-order valence-electron chi connectivity index (χ4n) is 0.710. The third-order valence-corrected chi connectivity index (χ3v) is 2.64. The minimum absolute atomic E-state index is 0.0666. The van der Waals surface area contributed by atoms with E-state index >= 15 is 0 Å². The zero-order valence-corrected chi connectivity index (χ0v) is 10.4. The van der Waals surface area contributed by atoms with Crippen molar-refractivity contribution >= 4 is 16.0 Å². The fraction of sp³-hybridized carbons (Fsp3) is 0.300. The number of carbonyl (C=O) groups excluding carboxylic acids is 1. The van der Waals surface area contributed by atoms with E-state index in [1.807, 2.05) is 6.92 Å². The topological polar surface area (TPSA) is 123 Å². The van der Waals surface area contributed by atoms with Crippen molar-refractivity contribution in [1.29, 1.82) is 0 Å². The first-order chi connectivity index (χ1) is 7.64. The van der Waals surface area contributed by atoms with Gasteiger partial charge >= 0.3 is 0 Å². The first kappa shape index (κ1) is 15.6. The molecule has 96 valence electrons. The van der Waals surface area contributed by atoms with E-state index in [1.165, 1.54) is 12.1 Å². The highest BCUT2D eigenvalue weighted by molar-refractivity contribution is 7.85. The molecule has 6 nitrogen and oxygen atoms in total. The Morgan fingerprint density at radius 2 is 1.65 bits per heavy atom. The van der Waals surface area contributed by atoms with Crippen LogP contribution in [0.15, 0.2) is 29.2 Å². The largest absolute Gasteiger partial charge is 0.368 e. The summed E-state index contributed by atoms with van der Waals surface area (Å²) in [6.07, 6.45) is 0. The number of benzene rings is 1. The molecular weight excluding hydrogens is 244 g/mol. The number of aryl methyl sites for hydroxylation is 1. The molecule has 1 rings (SSSR count). The molecule has 0 aliphatic carbocycles. The standard InChI is InChI=1S/C7H8O3S.C3H8N2O/c1-6-2-4-7(5-3-6)11(8,9)10;1-2(4)3(5)6/h2-5H,1H3,(H,8,9,10);2H,4H2,1H3,(H2,5,6)/t;2-/m.0/s1. The highest BCUT2D eigenvalue weighted by atomic mass is 32.2. The van der Waals surface area contributed by atoms with Crippen LogP contribution in [0.3, 0.4) is 0 Å². The van der Waals surface area contributed by atoms with E-state index in [9.17, 15) is 13.2 Å². The Hall–Kier alpha value is -1.44. The van der Waals surface area contributed by atoms with E-state index in [0.717, 1.165) is 5.56 Å². The summed E-state index contributed by atoms with van der Waals surface area (Å²) >= 11 is 0. The first-order valence-electron chi connectivity index (χ1n) is 4.73. The molecule has 0 aliphatic rings. The number of nitrogens with two attached hydrogens (primary N) is 2. The lowest BCUT2D eigenvalue weighted by Gasteiger charge is -1.95. The average molecular weight is 260 g/mol. The van der Waals surface area contributed by atoms with E-state index in [1.54, 1.807) is 19.1 Å². The third kappa shape index (κ3) is 6.67. The normalized spacial score (nSPS) is 12.2. The zero-order chi connectivity index (χ0) is 13.6. The molecule has 1 aromatic carbocycles. The summed E-state index contributed by atoms with van der Waals surface area (Å²) in [6.45, 7) is 3.39. The summed E-state index contributed by atoms with van der Waals surface area (Å²) in [4.78, 5) is 9.73. The van der Waals surface area contributed by atoms with Crippen molar-refractivity contribution < 1.29 is 17.8 Å². The van der Waals surface area contributed by atoms with E-state index in [4.69, 9.17) is 10.3 Å². The van der Waals surface area contributed by atoms with Crippen LogP contribution in [0.1, 0.15) is 12.5 Å². The minimum atomic E-state index is -4.02. The van der Waals surface area contributed by atoms with Crippen LogP contribution in [0.5, 0.6) is 0 Å². The van der Waals surface area contributed by atoms with Crippen LogP contribution in [0.2, 0.25) is 0 Å². The lowest BCUT2D eigenvalue weighted by molar-refractivity contribution is -0.118. The maximum Gasteiger partial charge on any atom is 0.294 e. The highest BCUT2D eigenvalue weighted by Gasteiger charge is 2.06. The summed E-state index contributed by atoms with van der Waals surface area (Å²) in [6, 6.07) is 5.48. The summed E-state index contributed by atoms with van der Waals surface area (Å²) in [5.41, 5.74) is 10.6. The van der Waals surface area contributed by atoms with Gasteiger partial charge < -0.3 is 11.5 Å². The molecule has 0 aromatic heterocycles. The van der Waals surface area contributed by atoms with E-state index in [2.05, 4.69) is 5.73 Å². The monoisotopic (exact) mass is 260 g/mol. The molecule has 5 N–H and O–H groups in total. The lowest BCUT2D eigenvalue weighted by atomic mass is 10.2. The van der Waals surface area contributed by atoms with Gasteiger partial charge in [-0.05, 0) is 26.0 Å². The second-order valence-corrected chi connectivity index (χ2v) is 4.90. The fourth-order valence-corrected chi connectivity index (χ4v) is 1.19. The van der Waals surface area contributed by atoms with Crippen molar-refractivity contribution in [2.75, 3.05) is 0 Å². The maximum absolute atomic E-state index is 10.5. The molecule has 1 aromatic rings. The number of hydrogen-bond donors (Lipinski definition) is 3. The molecular formula is C10H16N2O4S. The molecule has 0 saturated carbocycles. The minimum Gasteiger partial charge on any atom is -0.368 e. The smallest absolute Gasteiger partial charge is 0.294 e. The van der Waals surface area contributed by atoms with Gasteiger partial charge in [0.05, 0.1) is 10.9 Å². The van der Waals surface area contributed by atoms with Gasteiger partial charge in [-0.25, -0.2) is 0 Å². The molecule has 1 amide bonds. The Labute approximate surface area is 100 Å². The molecule has 0 heterocycles. The van der Waals surface area contributed by atoms with Gasteiger partial charge in [0.2, 0.25) is 5.91 Å². The van der Waals surface area contributed by atoms with Crippen molar-refractivity contribution in [3.8, 4) is 0 Å². The van der Waals surface area contributed by atoms with E-state index in [0.29, 0.717) is 0 Å². The Kier molecular flexibility index (Phi) is 5.80. The van der Waals surface area contributed by atoms with Crippen molar-refractivity contribution in [2.24, 2.45) is 11.5 Å². The van der Waals surface area contributed by atoms with Gasteiger partial charge in [-0.1, -0.05) is 17.7 Å². The number of primary amides is 1. The SMILES string of the molecule is C[C@H](N)C(N)=O.Cc1ccc(S(=O)(=O)O)cc1. The summed E-state index contributed by atoms with van der Waals surface area (Å²) in [7, 11) is -4.02. The van der Waals surface area contributed by atoms with Crippen LogP contribution < -0.4 is 11.5 Å². The quantitative estimate of drug-likeness (QED) is 0.649. The number of rotatable bonds is 2. The molecule has 0 bridgehead atoms. The Bertz CT molecular complexity index is 466. The van der Waals surface area contributed by atoms with Gasteiger partial charge in [0.1, 0.15) is 0 Å². The number of carbonyl (C=O) groups is 1. The first-order valence-corrected chi connectivity index (χ1v) is 6.17. The predicted molar refractivity (Wildman–Crippen MR) is 63.8 cm³/mol. The predicted octanol–water partition coefficient (Wildman–Crippen LogP) is 0.0606. The van der Waals surface area contributed by atoms with Gasteiger partial charge in [-0.2, -0.15) is 8.42 Å². The molecule has 7 heteroatoms. The number of hydrogen-bond acceptors (Lipinski definition) is 4. The van der Waals surface area contributed by atoms with Crippen molar-refractivity contribution in [3.05, 3.63) is 29.8 Å². The Morgan fingerprint density at radius 3 is 1.88 bits per heavy atom. The molecule has 0 saturated heterocycles. The Balaban J connectivity index is 0.000000366. The summed E-state index contributed by atoms with van der Waals surface area (Å²) in [5, 5.41) is 0. The molecule has 0 radical (unpaired) electrons. The van der Waals surface area contributed by atoms with E-state index in [-0.39, 0.29) is 4.90 Å². The van der Waals surface area contributed by atoms with Gasteiger partial charge in [0.15, 0.2) is 0 Å². The van der Waals surface area contributed by atoms with Crippen molar-refractivity contribution in [1.82, 2.24) is 0 Å². The zero-order valence-electron chi connectivity index (χ0n) is 9.62. The molecule has 0 fully saturated rings. The summed E-state index contributed by atoms with van der Waals surface area (Å²) in [5.74, 6) is -0.463. The maximum atomic E-state index is 10.5. The van der Waals surface area contributed by atoms with Crippen LogP contribution in [-0.4, -0.2) is 24.9 Å². The van der Waals surface area contributed by atoms with Gasteiger partial charge in [0, 0.05) is 0 Å². The average Bonchev–Trinajstić information content (AvgIpc) is 2.17. The van der Waals surface area contributed by atoms with Crippen LogP contribution in [0.25, 0.3) is 0 Å². The van der Waals surface area contributed by atoms with Crippen LogP contribution in [0.4, 0.5) is 0 Å². The molecule has 0 spiro atoms. The van der Waals surface area contributed by atoms with Crippen LogP contribution in [-0.2, 0) is 14.9 Å². The van der Waals surface area contributed by atoms with Crippen LogP contribution in [0, 0.1) is 6.92 Å².